The zero-order chi connectivity index (χ0) is 42.3. The molecule has 0 aliphatic carbocycles. The first-order valence-corrected chi connectivity index (χ1v) is 21.4. The van der Waals surface area contributed by atoms with Crippen LogP contribution in [0.4, 0.5) is 33.5 Å². The summed E-state index contributed by atoms with van der Waals surface area (Å²) in [6.07, 6.45) is 6.42. The number of amides is 3. The Kier molecular flexibility index (Phi) is 11.0. The topological polar surface area (TPSA) is 145 Å². The molecule has 2 N–H and O–H groups in total. The van der Waals surface area contributed by atoms with Crippen LogP contribution >= 0.6 is 0 Å². The van der Waals surface area contributed by atoms with E-state index in [0.717, 1.165) is 91.0 Å². The second kappa shape index (κ2) is 16.6. The number of imide groups is 1. The molecule has 14 heteroatoms. The molecule has 316 valence electrons. The summed E-state index contributed by atoms with van der Waals surface area (Å²) in [5.41, 5.74) is 7.74. The van der Waals surface area contributed by atoms with Crippen LogP contribution in [0.2, 0.25) is 0 Å². The number of anilines is 5. The monoisotopic (exact) mass is 823 g/mol. The van der Waals surface area contributed by atoms with Crippen LogP contribution in [0.5, 0.6) is 5.88 Å². The van der Waals surface area contributed by atoms with Gasteiger partial charge in [-0.1, -0.05) is 24.3 Å². The number of hydrogen-bond acceptors (Lipinski definition) is 12. The zero-order valence-corrected chi connectivity index (χ0v) is 35.3. The lowest BCUT2D eigenvalue weighted by molar-refractivity contribution is -0.134. The number of fused-ring (bicyclic) bond motifs is 2. The van der Waals surface area contributed by atoms with Gasteiger partial charge in [-0.3, -0.25) is 24.7 Å². The molecule has 1 atom stereocenters. The van der Waals surface area contributed by atoms with Crippen molar-refractivity contribution in [3.8, 4) is 17.0 Å². The molecule has 1 unspecified atom stereocenters. The minimum atomic E-state index is -0.626. The van der Waals surface area contributed by atoms with Crippen LogP contribution in [0, 0.1) is 6.92 Å². The Labute approximate surface area is 356 Å². The fraction of sp³-hybridized carbons (Fsp3) is 0.404. The highest BCUT2D eigenvalue weighted by Crippen LogP contribution is 2.40. The van der Waals surface area contributed by atoms with Crippen molar-refractivity contribution < 1.29 is 23.9 Å². The number of hydrogen-bond donors (Lipinski definition) is 2. The highest BCUT2D eigenvalue weighted by molar-refractivity contribution is 6.01. The normalized spacial score (nSPS) is 19.0. The summed E-state index contributed by atoms with van der Waals surface area (Å²) in [6.45, 7) is 14.3. The number of carbonyl (C=O) groups excluding carboxylic acids is 3. The molecular weight excluding hydrogens is 771 g/mol. The van der Waals surface area contributed by atoms with Crippen LogP contribution in [0.3, 0.4) is 0 Å². The third kappa shape index (κ3) is 8.67. The molecule has 3 amide bonds. The molecule has 9 rings (SSSR count). The minimum Gasteiger partial charge on any atom is -0.474 e. The van der Waals surface area contributed by atoms with Crippen LogP contribution in [0.15, 0.2) is 79.1 Å². The largest absolute Gasteiger partial charge is 0.474 e. The number of piperidine rings is 2. The predicted octanol–water partition coefficient (Wildman–Crippen LogP) is 7.19. The molecule has 0 radical (unpaired) electrons. The second-order valence-electron chi connectivity index (χ2n) is 17.4. The van der Waals surface area contributed by atoms with Gasteiger partial charge in [0.15, 0.2) is 0 Å². The Morgan fingerprint density at radius 1 is 0.836 bits per heavy atom. The smallest absolute Gasteiger partial charge is 0.415 e. The molecule has 0 spiro atoms. The van der Waals surface area contributed by atoms with Crippen LogP contribution in [0.25, 0.3) is 22.0 Å². The Bertz CT molecular complexity index is 2440. The summed E-state index contributed by atoms with van der Waals surface area (Å²) in [4.78, 5) is 60.3. The first-order valence-electron chi connectivity index (χ1n) is 21.4. The molecule has 5 aromatic rings. The molecule has 0 saturated carbocycles. The van der Waals surface area contributed by atoms with E-state index in [4.69, 9.17) is 14.5 Å². The Hall–Kier alpha value is -6.28. The summed E-state index contributed by atoms with van der Waals surface area (Å²) >= 11 is 0. The van der Waals surface area contributed by atoms with Gasteiger partial charge in [0, 0.05) is 92.1 Å². The number of piperazine rings is 1. The van der Waals surface area contributed by atoms with Crippen molar-refractivity contribution in [3.63, 3.8) is 0 Å². The fourth-order valence-electron chi connectivity index (χ4n) is 9.03. The number of nitrogens with zero attached hydrogens (tertiary/aromatic N) is 7. The summed E-state index contributed by atoms with van der Waals surface area (Å²) in [5, 5.41) is 6.78. The molecular formula is C47H53N9O5. The van der Waals surface area contributed by atoms with E-state index >= 15 is 0 Å². The van der Waals surface area contributed by atoms with E-state index in [1.165, 1.54) is 11.4 Å². The van der Waals surface area contributed by atoms with Gasteiger partial charge in [0.05, 0.1) is 18.0 Å². The SMILES string of the molecule is Cc1c(-c2ccc3cnc(Nc4ccc(N5CCC(N6CCN(c7ccc(C8CCC(=O)NC8=O)cc7)CC6)CC5)cc4)nc3c2)cnc2c1N(C(=O)OC(C)(C)C)CCO2. The molecule has 3 aromatic carbocycles. The van der Waals surface area contributed by atoms with Crippen molar-refractivity contribution in [2.75, 3.05) is 72.4 Å². The number of carbonyl (C=O) groups is 3. The number of rotatable bonds is 7. The highest BCUT2D eigenvalue weighted by Gasteiger charge is 2.33. The van der Waals surface area contributed by atoms with Crippen LogP contribution in [-0.2, 0) is 14.3 Å². The quantitative estimate of drug-likeness (QED) is 0.160. The second-order valence-corrected chi connectivity index (χ2v) is 17.4. The van der Waals surface area contributed by atoms with E-state index in [9.17, 15) is 14.4 Å². The molecule has 0 bridgehead atoms. The first-order chi connectivity index (χ1) is 29.5. The summed E-state index contributed by atoms with van der Waals surface area (Å²) in [6, 6.07) is 23.5. The zero-order valence-electron chi connectivity index (χ0n) is 35.3. The van der Waals surface area contributed by atoms with E-state index in [-0.39, 0.29) is 17.7 Å². The number of benzene rings is 3. The average Bonchev–Trinajstić information content (AvgIpc) is 3.26. The third-order valence-corrected chi connectivity index (χ3v) is 12.3. The lowest BCUT2D eigenvalue weighted by Crippen LogP contribution is -2.53. The Morgan fingerprint density at radius 2 is 1.54 bits per heavy atom. The molecule has 61 heavy (non-hydrogen) atoms. The number of aromatic nitrogens is 3. The Balaban J connectivity index is 0.789. The van der Waals surface area contributed by atoms with Crippen molar-refractivity contribution in [2.45, 2.75) is 70.9 Å². The molecule has 3 saturated heterocycles. The molecule has 4 aliphatic rings. The molecule has 3 fully saturated rings. The van der Waals surface area contributed by atoms with Gasteiger partial charge in [-0.2, -0.15) is 0 Å². The molecule has 2 aromatic heterocycles. The third-order valence-electron chi connectivity index (χ3n) is 12.3. The average molecular weight is 824 g/mol. The molecule has 14 nitrogen and oxygen atoms in total. The van der Waals surface area contributed by atoms with Gasteiger partial charge in [-0.05, 0) is 106 Å². The van der Waals surface area contributed by atoms with E-state index in [1.807, 2.05) is 64.2 Å². The molecule has 6 heterocycles. The number of pyridine rings is 1. The lowest BCUT2D eigenvalue weighted by Gasteiger charge is -2.44. The summed E-state index contributed by atoms with van der Waals surface area (Å²) in [7, 11) is 0. The van der Waals surface area contributed by atoms with Crippen molar-refractivity contribution in [1.29, 1.82) is 0 Å². The van der Waals surface area contributed by atoms with Gasteiger partial charge in [0.1, 0.15) is 17.9 Å². The van der Waals surface area contributed by atoms with E-state index in [2.05, 4.69) is 71.7 Å². The maximum atomic E-state index is 13.2. The Morgan fingerprint density at radius 3 is 2.25 bits per heavy atom. The number of ether oxygens (including phenoxy) is 2. The van der Waals surface area contributed by atoms with Crippen molar-refractivity contribution in [1.82, 2.24) is 25.2 Å². The van der Waals surface area contributed by atoms with Gasteiger partial charge < -0.3 is 24.6 Å². The van der Waals surface area contributed by atoms with Gasteiger partial charge in [0.2, 0.25) is 23.6 Å². The van der Waals surface area contributed by atoms with Crippen LogP contribution < -0.4 is 30.1 Å². The maximum Gasteiger partial charge on any atom is 0.415 e. The highest BCUT2D eigenvalue weighted by atomic mass is 16.6. The molecule has 4 aliphatic heterocycles. The van der Waals surface area contributed by atoms with E-state index in [0.29, 0.717) is 49.6 Å². The van der Waals surface area contributed by atoms with Crippen LogP contribution in [-0.4, -0.2) is 102 Å². The maximum absolute atomic E-state index is 13.2. The van der Waals surface area contributed by atoms with Gasteiger partial charge in [-0.15, -0.1) is 0 Å². The van der Waals surface area contributed by atoms with Crippen LogP contribution in [0.1, 0.15) is 63.5 Å². The van der Waals surface area contributed by atoms with Gasteiger partial charge >= 0.3 is 6.09 Å². The van der Waals surface area contributed by atoms with Crippen molar-refractivity contribution >= 4 is 57.5 Å². The predicted molar refractivity (Wildman–Crippen MR) is 237 cm³/mol. The summed E-state index contributed by atoms with van der Waals surface area (Å²) in [5.74, 6) is 0.308. The standard InChI is InChI=1S/C47H53N9O5/c1-30-39(29-48-44-42(30)56(25-26-60-44)46(59)61-47(2,3)4)32-5-6-33-28-49-45(51-40(33)27-32)50-34-9-13-36(14-10-34)53-19-17-37(18-20-53)55-23-21-54(22-24-55)35-11-7-31(8-12-35)38-15-16-41(57)52-43(38)58/h5-14,27-29,37-38H,15-26H2,1-4H3,(H,49,50,51)(H,52,57,58). The summed E-state index contributed by atoms with van der Waals surface area (Å²) < 4.78 is 11.6. The number of nitrogens with one attached hydrogen (secondary N) is 2. The lowest BCUT2D eigenvalue weighted by atomic mass is 9.90. The van der Waals surface area contributed by atoms with E-state index in [1.54, 1.807) is 11.1 Å². The van der Waals surface area contributed by atoms with Gasteiger partial charge in [-0.25, -0.2) is 19.7 Å². The van der Waals surface area contributed by atoms with E-state index < -0.39 is 11.7 Å². The van der Waals surface area contributed by atoms with Crippen molar-refractivity contribution in [2.24, 2.45) is 0 Å². The fourth-order valence-corrected chi connectivity index (χ4v) is 9.03. The first kappa shape index (κ1) is 40.1. The van der Waals surface area contributed by atoms with Crippen molar-refractivity contribution in [3.05, 3.63) is 90.3 Å². The minimum absolute atomic E-state index is 0.181. The van der Waals surface area contributed by atoms with Gasteiger partial charge in [0.25, 0.3) is 0 Å².